The molecule has 5 nitrogen and oxygen atoms in total. The van der Waals surface area contributed by atoms with Gasteiger partial charge in [-0.25, -0.2) is 0 Å². The summed E-state index contributed by atoms with van der Waals surface area (Å²) in [4.78, 5) is 9.55. The Morgan fingerprint density at radius 1 is 1.19 bits per heavy atom. The molecule has 2 saturated heterocycles. The molecule has 3 aliphatic rings. The lowest BCUT2D eigenvalue weighted by atomic mass is 10.1. The van der Waals surface area contributed by atoms with Crippen LogP contribution in [0.15, 0.2) is 35.3 Å². The van der Waals surface area contributed by atoms with E-state index in [1.165, 1.54) is 24.9 Å². The molecule has 3 fully saturated rings. The Kier molecular flexibility index (Phi) is 5.75. The summed E-state index contributed by atoms with van der Waals surface area (Å²) in [5, 5.41) is 3.64. The van der Waals surface area contributed by atoms with Gasteiger partial charge in [0.05, 0.1) is 13.2 Å². The molecule has 0 amide bonds. The van der Waals surface area contributed by atoms with E-state index in [0.29, 0.717) is 0 Å². The predicted molar refractivity (Wildman–Crippen MR) is 106 cm³/mol. The number of likely N-dealkylation sites (tertiary alicyclic amines) is 1. The molecule has 26 heavy (non-hydrogen) atoms. The molecule has 1 saturated carbocycles. The molecule has 0 radical (unpaired) electrons. The van der Waals surface area contributed by atoms with Crippen molar-refractivity contribution in [2.45, 2.75) is 18.8 Å². The lowest BCUT2D eigenvalue weighted by Gasteiger charge is -2.29. The first-order chi connectivity index (χ1) is 12.8. The number of aliphatic imine (C=N–C) groups is 1. The van der Waals surface area contributed by atoms with Crippen molar-refractivity contribution in [1.29, 1.82) is 0 Å². The number of nitrogens with zero attached hydrogens (tertiary/aromatic N) is 3. The Bertz CT molecular complexity index is 599. The SMILES string of the molecule is CN=C(NCC1CC1c1ccccc1)N1CCC(CN2CCOCC2)C1. The van der Waals surface area contributed by atoms with E-state index in [9.17, 15) is 0 Å². The van der Waals surface area contributed by atoms with E-state index in [4.69, 9.17) is 4.74 Å². The summed E-state index contributed by atoms with van der Waals surface area (Å²) < 4.78 is 5.46. The average Bonchev–Trinajstić information content (AvgIpc) is 3.33. The number of hydrogen-bond acceptors (Lipinski definition) is 3. The number of morpholine rings is 1. The second kappa shape index (κ2) is 8.40. The van der Waals surface area contributed by atoms with Crippen molar-refractivity contribution in [2.75, 3.05) is 59.5 Å². The summed E-state index contributed by atoms with van der Waals surface area (Å²) in [5.74, 6) is 3.33. The molecule has 1 aromatic rings. The van der Waals surface area contributed by atoms with Gasteiger partial charge in [-0.2, -0.15) is 0 Å². The largest absolute Gasteiger partial charge is 0.379 e. The first-order valence-electron chi connectivity index (χ1n) is 10.1. The van der Waals surface area contributed by atoms with Crippen LogP contribution in [0.3, 0.4) is 0 Å². The number of guanidine groups is 1. The number of rotatable bonds is 5. The summed E-state index contributed by atoms with van der Waals surface area (Å²) in [7, 11) is 1.92. The van der Waals surface area contributed by atoms with E-state index in [1.54, 1.807) is 0 Å². The normalized spacial score (nSPS) is 29.8. The van der Waals surface area contributed by atoms with Crippen LogP contribution in [0.5, 0.6) is 0 Å². The number of nitrogens with one attached hydrogen (secondary N) is 1. The fraction of sp³-hybridized carbons (Fsp3) is 0.667. The Balaban J connectivity index is 1.21. The molecule has 5 heteroatoms. The predicted octanol–water partition coefficient (Wildman–Crippen LogP) is 2.02. The Labute approximate surface area is 157 Å². The van der Waals surface area contributed by atoms with Crippen molar-refractivity contribution in [3.8, 4) is 0 Å². The van der Waals surface area contributed by atoms with Gasteiger partial charge in [0.25, 0.3) is 0 Å². The van der Waals surface area contributed by atoms with E-state index in [0.717, 1.165) is 69.7 Å². The quantitative estimate of drug-likeness (QED) is 0.647. The van der Waals surface area contributed by atoms with Crippen LogP contribution < -0.4 is 5.32 Å². The highest BCUT2D eigenvalue weighted by molar-refractivity contribution is 5.80. The van der Waals surface area contributed by atoms with Gasteiger partial charge in [-0.15, -0.1) is 0 Å². The van der Waals surface area contributed by atoms with Crippen LogP contribution in [0.4, 0.5) is 0 Å². The van der Waals surface area contributed by atoms with Crippen LogP contribution in [0.1, 0.15) is 24.3 Å². The van der Waals surface area contributed by atoms with Crippen molar-refractivity contribution in [1.82, 2.24) is 15.1 Å². The number of benzene rings is 1. The van der Waals surface area contributed by atoms with Gasteiger partial charge in [0.1, 0.15) is 0 Å². The smallest absolute Gasteiger partial charge is 0.193 e. The zero-order valence-corrected chi connectivity index (χ0v) is 15.9. The zero-order valence-electron chi connectivity index (χ0n) is 15.9. The van der Waals surface area contributed by atoms with E-state index in [-0.39, 0.29) is 0 Å². The Morgan fingerprint density at radius 3 is 2.77 bits per heavy atom. The van der Waals surface area contributed by atoms with E-state index >= 15 is 0 Å². The van der Waals surface area contributed by atoms with Gasteiger partial charge in [0.15, 0.2) is 5.96 Å². The van der Waals surface area contributed by atoms with E-state index in [2.05, 4.69) is 50.4 Å². The van der Waals surface area contributed by atoms with Crippen LogP contribution in [-0.2, 0) is 4.74 Å². The number of hydrogen-bond donors (Lipinski definition) is 1. The topological polar surface area (TPSA) is 40.1 Å². The first kappa shape index (κ1) is 17.8. The van der Waals surface area contributed by atoms with Gasteiger partial charge < -0.3 is 15.0 Å². The highest BCUT2D eigenvalue weighted by Crippen LogP contribution is 2.46. The lowest BCUT2D eigenvalue weighted by Crippen LogP contribution is -2.43. The van der Waals surface area contributed by atoms with Crippen molar-refractivity contribution >= 4 is 5.96 Å². The van der Waals surface area contributed by atoms with Crippen molar-refractivity contribution in [2.24, 2.45) is 16.8 Å². The molecule has 1 N–H and O–H groups in total. The minimum Gasteiger partial charge on any atom is -0.379 e. The third-order valence-electron chi connectivity index (χ3n) is 6.09. The van der Waals surface area contributed by atoms with Gasteiger partial charge in [-0.1, -0.05) is 30.3 Å². The summed E-state index contributed by atoms with van der Waals surface area (Å²) in [6, 6.07) is 10.9. The van der Waals surface area contributed by atoms with Gasteiger partial charge in [-0.3, -0.25) is 9.89 Å². The van der Waals surface area contributed by atoms with Crippen LogP contribution in [0.25, 0.3) is 0 Å². The number of ether oxygens (including phenoxy) is 1. The molecule has 1 aromatic carbocycles. The highest BCUT2D eigenvalue weighted by atomic mass is 16.5. The van der Waals surface area contributed by atoms with Gasteiger partial charge in [0.2, 0.25) is 0 Å². The summed E-state index contributed by atoms with van der Waals surface area (Å²) in [5.41, 5.74) is 1.49. The van der Waals surface area contributed by atoms with Crippen LogP contribution in [0.2, 0.25) is 0 Å². The van der Waals surface area contributed by atoms with E-state index < -0.39 is 0 Å². The molecule has 3 atom stereocenters. The van der Waals surface area contributed by atoms with Gasteiger partial charge in [0, 0.05) is 46.3 Å². The zero-order chi connectivity index (χ0) is 17.8. The van der Waals surface area contributed by atoms with Crippen LogP contribution in [0, 0.1) is 11.8 Å². The average molecular weight is 357 g/mol. The molecule has 4 rings (SSSR count). The second-order valence-corrected chi connectivity index (χ2v) is 7.95. The third kappa shape index (κ3) is 4.38. The molecule has 0 spiro atoms. The molecule has 1 aliphatic carbocycles. The van der Waals surface area contributed by atoms with Gasteiger partial charge >= 0.3 is 0 Å². The van der Waals surface area contributed by atoms with Crippen molar-refractivity contribution in [3.63, 3.8) is 0 Å². The van der Waals surface area contributed by atoms with Crippen LogP contribution in [-0.4, -0.2) is 75.3 Å². The highest BCUT2D eigenvalue weighted by Gasteiger charge is 2.38. The molecule has 142 valence electrons. The fourth-order valence-corrected chi connectivity index (χ4v) is 4.46. The minimum atomic E-state index is 0.731. The van der Waals surface area contributed by atoms with Crippen molar-refractivity contribution < 1.29 is 4.74 Å². The molecule has 2 heterocycles. The lowest BCUT2D eigenvalue weighted by molar-refractivity contribution is 0.0315. The summed E-state index contributed by atoms with van der Waals surface area (Å²) in [6.45, 7) is 8.46. The molecule has 0 bridgehead atoms. The van der Waals surface area contributed by atoms with Crippen molar-refractivity contribution in [3.05, 3.63) is 35.9 Å². The maximum absolute atomic E-state index is 5.46. The Hall–Kier alpha value is -1.59. The Morgan fingerprint density at radius 2 is 2.00 bits per heavy atom. The summed E-state index contributed by atoms with van der Waals surface area (Å²) >= 11 is 0. The third-order valence-corrected chi connectivity index (χ3v) is 6.09. The monoisotopic (exact) mass is 356 g/mol. The second-order valence-electron chi connectivity index (χ2n) is 7.95. The molecule has 0 aromatic heterocycles. The van der Waals surface area contributed by atoms with Crippen LogP contribution >= 0.6 is 0 Å². The van der Waals surface area contributed by atoms with E-state index in [1.807, 2.05) is 7.05 Å². The maximum Gasteiger partial charge on any atom is 0.193 e. The molecule has 3 unspecified atom stereocenters. The molecular formula is C21H32N4O. The first-order valence-corrected chi connectivity index (χ1v) is 10.1. The fourth-order valence-electron chi connectivity index (χ4n) is 4.46. The minimum absolute atomic E-state index is 0.731. The van der Waals surface area contributed by atoms with Gasteiger partial charge in [-0.05, 0) is 36.2 Å². The summed E-state index contributed by atoms with van der Waals surface area (Å²) in [6.07, 6.45) is 2.57. The maximum atomic E-state index is 5.46. The molecule has 2 aliphatic heterocycles. The molecular weight excluding hydrogens is 324 g/mol. The standard InChI is InChI=1S/C21H32N4O/c1-22-21(23-14-19-13-20(19)18-5-3-2-4-6-18)25-8-7-17(16-25)15-24-9-11-26-12-10-24/h2-6,17,19-20H,7-16H2,1H3,(H,22,23).